The molecule has 1 fully saturated rings. The van der Waals surface area contributed by atoms with E-state index in [-0.39, 0.29) is 5.91 Å². The second kappa shape index (κ2) is 6.41. The van der Waals surface area contributed by atoms with Crippen molar-refractivity contribution in [3.05, 3.63) is 42.0 Å². The standard InChI is InChI=1S/C15H18N2O3S/c1-21-14-5-4-13(20-14)15(18)17-8-6-16(7-9-17)11-12-3-2-10-19-12/h2-5,10H,6-9,11H2,1H3. The highest BCUT2D eigenvalue weighted by molar-refractivity contribution is 7.98. The first-order valence-corrected chi connectivity index (χ1v) is 8.16. The minimum atomic E-state index is -0.0204. The highest BCUT2D eigenvalue weighted by Gasteiger charge is 2.24. The summed E-state index contributed by atoms with van der Waals surface area (Å²) in [5.74, 6) is 1.37. The van der Waals surface area contributed by atoms with E-state index in [1.165, 1.54) is 11.8 Å². The van der Waals surface area contributed by atoms with Gasteiger partial charge >= 0.3 is 0 Å². The van der Waals surface area contributed by atoms with Crippen LogP contribution in [-0.4, -0.2) is 48.1 Å². The highest BCUT2D eigenvalue weighted by atomic mass is 32.2. The molecule has 1 amide bonds. The van der Waals surface area contributed by atoms with Gasteiger partial charge in [-0.15, -0.1) is 0 Å². The van der Waals surface area contributed by atoms with Crippen molar-refractivity contribution >= 4 is 17.7 Å². The van der Waals surface area contributed by atoms with Crippen molar-refractivity contribution in [3.63, 3.8) is 0 Å². The highest BCUT2D eigenvalue weighted by Crippen LogP contribution is 2.20. The van der Waals surface area contributed by atoms with E-state index in [2.05, 4.69) is 4.90 Å². The molecule has 1 aliphatic rings. The summed E-state index contributed by atoms with van der Waals surface area (Å²) in [5.41, 5.74) is 0. The van der Waals surface area contributed by atoms with Crippen LogP contribution >= 0.6 is 11.8 Å². The molecule has 1 saturated heterocycles. The molecule has 112 valence electrons. The number of hydrogen-bond donors (Lipinski definition) is 0. The Hall–Kier alpha value is -1.66. The van der Waals surface area contributed by atoms with Crippen molar-refractivity contribution < 1.29 is 13.6 Å². The number of piperazine rings is 1. The molecule has 3 rings (SSSR count). The van der Waals surface area contributed by atoms with Gasteiger partial charge in [0.15, 0.2) is 10.9 Å². The minimum absolute atomic E-state index is 0.0204. The Morgan fingerprint density at radius 2 is 2.05 bits per heavy atom. The zero-order valence-corrected chi connectivity index (χ0v) is 12.8. The normalized spacial score (nSPS) is 16.3. The third kappa shape index (κ3) is 3.33. The van der Waals surface area contributed by atoms with Gasteiger partial charge in [-0.25, -0.2) is 0 Å². The van der Waals surface area contributed by atoms with Crippen LogP contribution in [0.25, 0.3) is 0 Å². The van der Waals surface area contributed by atoms with Gasteiger partial charge in [-0.2, -0.15) is 0 Å². The first-order valence-electron chi connectivity index (χ1n) is 6.94. The molecule has 0 unspecified atom stereocenters. The second-order valence-corrected chi connectivity index (χ2v) is 5.78. The fourth-order valence-corrected chi connectivity index (χ4v) is 2.81. The van der Waals surface area contributed by atoms with Crippen LogP contribution in [0.3, 0.4) is 0 Å². The molecule has 6 heteroatoms. The summed E-state index contributed by atoms with van der Waals surface area (Å²) in [6.07, 6.45) is 3.62. The number of rotatable bonds is 4. The molecule has 0 radical (unpaired) electrons. The van der Waals surface area contributed by atoms with Gasteiger partial charge in [-0.05, 0) is 30.5 Å². The average Bonchev–Trinajstić information content (AvgIpc) is 3.18. The van der Waals surface area contributed by atoms with E-state index in [1.54, 1.807) is 12.3 Å². The van der Waals surface area contributed by atoms with Crippen LogP contribution in [0, 0.1) is 0 Å². The maximum absolute atomic E-state index is 12.3. The van der Waals surface area contributed by atoms with Gasteiger partial charge in [-0.3, -0.25) is 9.69 Å². The van der Waals surface area contributed by atoms with E-state index in [0.29, 0.717) is 5.76 Å². The molecule has 0 bridgehead atoms. The van der Waals surface area contributed by atoms with E-state index >= 15 is 0 Å². The molecule has 1 aliphatic heterocycles. The Morgan fingerprint density at radius 3 is 2.67 bits per heavy atom. The summed E-state index contributed by atoms with van der Waals surface area (Å²) in [7, 11) is 0. The summed E-state index contributed by atoms with van der Waals surface area (Å²) in [6, 6.07) is 7.47. The Bertz CT molecular complexity index is 586. The van der Waals surface area contributed by atoms with Gasteiger partial charge in [0.05, 0.1) is 12.8 Å². The third-order valence-electron chi connectivity index (χ3n) is 3.61. The van der Waals surface area contributed by atoms with Crippen molar-refractivity contribution in [1.29, 1.82) is 0 Å². The van der Waals surface area contributed by atoms with Gasteiger partial charge in [0.1, 0.15) is 5.76 Å². The van der Waals surface area contributed by atoms with E-state index in [9.17, 15) is 4.79 Å². The number of carbonyl (C=O) groups excluding carboxylic acids is 1. The number of hydrogen-bond acceptors (Lipinski definition) is 5. The second-order valence-electron chi connectivity index (χ2n) is 4.97. The maximum Gasteiger partial charge on any atom is 0.289 e. The Balaban J connectivity index is 1.54. The largest absolute Gasteiger partial charge is 0.468 e. The number of nitrogens with zero attached hydrogens (tertiary/aromatic N) is 2. The first kappa shape index (κ1) is 14.3. The molecule has 2 aromatic rings. The number of thioether (sulfide) groups is 1. The lowest BCUT2D eigenvalue weighted by molar-refractivity contribution is 0.0585. The SMILES string of the molecule is CSc1ccc(C(=O)N2CCN(Cc3ccco3)CC2)o1. The average molecular weight is 306 g/mol. The molecule has 0 aromatic carbocycles. The molecule has 2 aromatic heterocycles. The van der Waals surface area contributed by atoms with Crippen LogP contribution in [0.4, 0.5) is 0 Å². The Kier molecular flexibility index (Phi) is 4.36. The first-order chi connectivity index (χ1) is 10.3. The van der Waals surface area contributed by atoms with Gasteiger partial charge in [0.2, 0.25) is 0 Å². The minimum Gasteiger partial charge on any atom is -0.468 e. The van der Waals surface area contributed by atoms with Crippen LogP contribution in [-0.2, 0) is 6.54 Å². The van der Waals surface area contributed by atoms with Crippen LogP contribution in [0.15, 0.2) is 44.5 Å². The van der Waals surface area contributed by atoms with Crippen molar-refractivity contribution in [2.45, 2.75) is 11.6 Å². The molecular formula is C15H18N2O3S. The molecule has 0 spiro atoms. The van der Waals surface area contributed by atoms with Gasteiger partial charge in [-0.1, -0.05) is 11.8 Å². The Labute approximate surface area is 127 Å². The van der Waals surface area contributed by atoms with Crippen molar-refractivity contribution in [2.24, 2.45) is 0 Å². The molecule has 5 nitrogen and oxygen atoms in total. The van der Waals surface area contributed by atoms with Crippen molar-refractivity contribution in [2.75, 3.05) is 32.4 Å². The van der Waals surface area contributed by atoms with Crippen molar-refractivity contribution in [1.82, 2.24) is 9.80 Å². The topological polar surface area (TPSA) is 49.8 Å². The van der Waals surface area contributed by atoms with E-state index in [0.717, 1.165) is 43.6 Å². The molecule has 0 N–H and O–H groups in total. The number of amides is 1. The smallest absolute Gasteiger partial charge is 0.289 e. The number of furan rings is 2. The zero-order chi connectivity index (χ0) is 14.7. The van der Waals surface area contributed by atoms with Crippen LogP contribution in [0.5, 0.6) is 0 Å². The molecular weight excluding hydrogens is 288 g/mol. The predicted octanol–water partition coefficient (Wildman–Crippen LogP) is 2.55. The summed E-state index contributed by atoms with van der Waals surface area (Å²) in [5, 5.41) is 0.773. The Morgan fingerprint density at radius 1 is 1.24 bits per heavy atom. The summed E-state index contributed by atoms with van der Waals surface area (Å²) >= 11 is 1.50. The molecule has 0 saturated carbocycles. The van der Waals surface area contributed by atoms with E-state index in [1.807, 2.05) is 29.4 Å². The number of carbonyl (C=O) groups is 1. The lowest BCUT2D eigenvalue weighted by Crippen LogP contribution is -2.48. The fourth-order valence-electron chi connectivity index (χ4n) is 2.43. The summed E-state index contributed by atoms with van der Waals surface area (Å²) in [4.78, 5) is 16.5. The van der Waals surface area contributed by atoms with Gasteiger partial charge < -0.3 is 13.7 Å². The van der Waals surface area contributed by atoms with E-state index in [4.69, 9.17) is 8.83 Å². The summed E-state index contributed by atoms with van der Waals surface area (Å²) < 4.78 is 10.9. The molecule has 21 heavy (non-hydrogen) atoms. The molecule has 0 aliphatic carbocycles. The van der Waals surface area contributed by atoms with Crippen LogP contribution < -0.4 is 0 Å². The van der Waals surface area contributed by atoms with Gasteiger partial charge in [0, 0.05) is 26.2 Å². The third-order valence-corrected chi connectivity index (χ3v) is 4.23. The van der Waals surface area contributed by atoms with Crippen molar-refractivity contribution in [3.8, 4) is 0 Å². The fraction of sp³-hybridized carbons (Fsp3) is 0.400. The predicted molar refractivity (Wildman–Crippen MR) is 80.4 cm³/mol. The molecule has 3 heterocycles. The summed E-state index contributed by atoms with van der Waals surface area (Å²) in [6.45, 7) is 3.93. The zero-order valence-electron chi connectivity index (χ0n) is 11.9. The lowest BCUT2D eigenvalue weighted by atomic mass is 10.2. The maximum atomic E-state index is 12.3. The van der Waals surface area contributed by atoms with E-state index < -0.39 is 0 Å². The molecule has 0 atom stereocenters. The quantitative estimate of drug-likeness (QED) is 0.813. The van der Waals surface area contributed by atoms with Crippen LogP contribution in [0.1, 0.15) is 16.3 Å². The van der Waals surface area contributed by atoms with Crippen LogP contribution in [0.2, 0.25) is 0 Å². The lowest BCUT2D eigenvalue weighted by Gasteiger charge is -2.33. The monoisotopic (exact) mass is 306 g/mol. The van der Waals surface area contributed by atoms with Gasteiger partial charge in [0.25, 0.3) is 5.91 Å².